The maximum Gasteiger partial charge on any atom is 0.0189 e. The molecule has 8 saturated carbocycles. The molecule has 128 valence electrons. The fourth-order valence-corrected chi connectivity index (χ4v) is 9.52. The lowest BCUT2D eigenvalue weighted by atomic mass is 9.49. The second-order valence-electron chi connectivity index (χ2n) is 11.3. The minimum atomic E-state index is 0.594. The van der Waals surface area contributed by atoms with Crippen LogP contribution in [0.4, 0.5) is 0 Å². The number of hydrogen-bond acceptors (Lipinski definition) is 1. The van der Waals surface area contributed by atoms with Gasteiger partial charge in [0, 0.05) is 5.54 Å². The predicted octanol–water partition coefficient (Wildman–Crippen LogP) is 5.15. The van der Waals surface area contributed by atoms with Crippen LogP contribution in [0.25, 0.3) is 0 Å². The number of rotatable bonds is 4. The monoisotopic (exact) mass is 313 g/mol. The van der Waals surface area contributed by atoms with Gasteiger partial charge in [-0.3, -0.25) is 0 Å². The highest BCUT2D eigenvalue weighted by molar-refractivity contribution is 5.07. The van der Waals surface area contributed by atoms with Gasteiger partial charge < -0.3 is 5.32 Å². The summed E-state index contributed by atoms with van der Waals surface area (Å²) in [6.45, 7) is 1.35. The van der Waals surface area contributed by atoms with E-state index in [2.05, 4.69) is 5.32 Å². The third-order valence-electron chi connectivity index (χ3n) is 9.36. The minimum absolute atomic E-state index is 0.594. The zero-order chi connectivity index (χ0) is 15.1. The molecule has 1 nitrogen and oxygen atoms in total. The lowest BCUT2D eigenvalue weighted by Crippen LogP contribution is -2.59. The summed E-state index contributed by atoms with van der Waals surface area (Å²) >= 11 is 0. The molecule has 8 fully saturated rings. The Hall–Kier alpha value is -0.0400. The standard InChI is InChI=1S/C22H35N/c1(21-9-15-3-16(10-21)5-17(4-15)11-21)2-23-22-12-18-6-19(13-22)8-20(7-18)14-22/h15-20,23H,1-14H2. The topological polar surface area (TPSA) is 12.0 Å². The Morgan fingerprint density at radius 3 is 1.39 bits per heavy atom. The van der Waals surface area contributed by atoms with Crippen LogP contribution in [0.5, 0.6) is 0 Å². The van der Waals surface area contributed by atoms with E-state index < -0.39 is 0 Å². The molecule has 8 aliphatic rings. The molecule has 0 aliphatic heterocycles. The van der Waals surface area contributed by atoms with E-state index in [9.17, 15) is 0 Å². The van der Waals surface area contributed by atoms with Crippen molar-refractivity contribution in [2.24, 2.45) is 40.9 Å². The summed E-state index contributed by atoms with van der Waals surface area (Å²) in [6.07, 6.45) is 20.4. The number of nitrogens with one attached hydrogen (secondary N) is 1. The predicted molar refractivity (Wildman–Crippen MR) is 94.1 cm³/mol. The molecule has 0 heterocycles. The van der Waals surface area contributed by atoms with Gasteiger partial charge in [0.2, 0.25) is 0 Å². The van der Waals surface area contributed by atoms with Crippen LogP contribution in [0.2, 0.25) is 0 Å². The van der Waals surface area contributed by atoms with Crippen molar-refractivity contribution in [3.8, 4) is 0 Å². The fourth-order valence-electron chi connectivity index (χ4n) is 9.52. The first-order chi connectivity index (χ1) is 11.2. The third kappa shape index (κ3) is 2.28. The van der Waals surface area contributed by atoms with Crippen LogP contribution in [0.3, 0.4) is 0 Å². The molecule has 8 bridgehead atoms. The minimum Gasteiger partial charge on any atom is -0.311 e. The van der Waals surface area contributed by atoms with Crippen molar-refractivity contribution in [3.63, 3.8) is 0 Å². The molecule has 0 aromatic rings. The Morgan fingerprint density at radius 2 is 0.957 bits per heavy atom. The molecule has 0 spiro atoms. The van der Waals surface area contributed by atoms with E-state index in [1.165, 1.54) is 32.2 Å². The first kappa shape index (κ1) is 14.2. The SMILES string of the molecule is C(CC12CC3CC(CC(C3)C1)C2)NC12CC3CC(CC(C3)C1)C2. The van der Waals surface area contributed by atoms with Gasteiger partial charge in [-0.1, -0.05) is 0 Å². The van der Waals surface area contributed by atoms with Crippen LogP contribution in [0.15, 0.2) is 0 Å². The van der Waals surface area contributed by atoms with Gasteiger partial charge in [0.15, 0.2) is 0 Å². The van der Waals surface area contributed by atoms with Crippen LogP contribution in [0.1, 0.15) is 83.5 Å². The van der Waals surface area contributed by atoms with E-state index in [0.717, 1.165) is 40.9 Å². The Labute approximate surface area is 142 Å². The van der Waals surface area contributed by atoms with E-state index in [4.69, 9.17) is 0 Å². The van der Waals surface area contributed by atoms with Crippen molar-refractivity contribution in [2.45, 2.75) is 89.0 Å². The molecule has 8 rings (SSSR count). The van der Waals surface area contributed by atoms with E-state index in [0.29, 0.717) is 5.54 Å². The molecule has 1 N–H and O–H groups in total. The lowest BCUT2D eigenvalue weighted by molar-refractivity contribution is -0.0618. The van der Waals surface area contributed by atoms with E-state index in [1.807, 2.05) is 0 Å². The van der Waals surface area contributed by atoms with Gasteiger partial charge in [-0.25, -0.2) is 0 Å². The van der Waals surface area contributed by atoms with Gasteiger partial charge >= 0.3 is 0 Å². The normalized spacial score (nSPS) is 59.0. The highest BCUT2D eigenvalue weighted by Crippen LogP contribution is 2.61. The summed E-state index contributed by atoms with van der Waals surface area (Å²) in [7, 11) is 0. The summed E-state index contributed by atoms with van der Waals surface area (Å²) in [5.74, 6) is 6.65. The Kier molecular flexibility index (Phi) is 2.94. The highest BCUT2D eigenvalue weighted by atomic mass is 15.0. The van der Waals surface area contributed by atoms with Gasteiger partial charge in [0.25, 0.3) is 0 Å². The zero-order valence-electron chi connectivity index (χ0n) is 14.9. The molecule has 8 aliphatic carbocycles. The van der Waals surface area contributed by atoms with E-state index >= 15 is 0 Å². The van der Waals surface area contributed by atoms with Crippen LogP contribution in [-0.4, -0.2) is 12.1 Å². The quantitative estimate of drug-likeness (QED) is 0.756. The third-order valence-corrected chi connectivity index (χ3v) is 9.36. The molecule has 0 saturated heterocycles. The maximum atomic E-state index is 4.20. The smallest absolute Gasteiger partial charge is 0.0189 e. The van der Waals surface area contributed by atoms with E-state index in [1.54, 1.807) is 57.8 Å². The van der Waals surface area contributed by atoms with Gasteiger partial charge in [-0.05, 0) is 131 Å². The highest BCUT2D eigenvalue weighted by Gasteiger charge is 2.52. The summed E-state index contributed by atoms with van der Waals surface area (Å²) < 4.78 is 0. The summed E-state index contributed by atoms with van der Waals surface area (Å²) in [5.41, 5.74) is 1.38. The first-order valence-corrected chi connectivity index (χ1v) is 10.9. The van der Waals surface area contributed by atoms with Crippen LogP contribution in [-0.2, 0) is 0 Å². The lowest BCUT2D eigenvalue weighted by Gasteiger charge is -2.59. The average molecular weight is 314 g/mol. The molecule has 0 aromatic carbocycles. The largest absolute Gasteiger partial charge is 0.311 e. The van der Waals surface area contributed by atoms with Gasteiger partial charge in [0.1, 0.15) is 0 Å². The van der Waals surface area contributed by atoms with Crippen molar-refractivity contribution in [1.29, 1.82) is 0 Å². The Bertz CT molecular complexity index is 378. The van der Waals surface area contributed by atoms with Crippen LogP contribution >= 0.6 is 0 Å². The molecule has 23 heavy (non-hydrogen) atoms. The molecular formula is C22H35N. The van der Waals surface area contributed by atoms with Crippen molar-refractivity contribution >= 4 is 0 Å². The van der Waals surface area contributed by atoms with Crippen molar-refractivity contribution in [1.82, 2.24) is 5.32 Å². The summed E-state index contributed by atoms with van der Waals surface area (Å²) in [5, 5.41) is 4.20. The van der Waals surface area contributed by atoms with Gasteiger partial charge in [0.05, 0.1) is 0 Å². The molecule has 0 radical (unpaired) electrons. The Balaban J connectivity index is 1.12. The second kappa shape index (κ2) is 4.77. The molecule has 0 atom stereocenters. The van der Waals surface area contributed by atoms with Crippen LogP contribution in [0, 0.1) is 40.9 Å². The molecule has 0 unspecified atom stereocenters. The van der Waals surface area contributed by atoms with Gasteiger partial charge in [-0.15, -0.1) is 0 Å². The summed E-state index contributed by atoms with van der Waals surface area (Å²) in [6, 6.07) is 0. The molecular weight excluding hydrogens is 278 g/mol. The van der Waals surface area contributed by atoms with Crippen molar-refractivity contribution in [3.05, 3.63) is 0 Å². The second-order valence-corrected chi connectivity index (χ2v) is 11.3. The van der Waals surface area contributed by atoms with Crippen molar-refractivity contribution in [2.75, 3.05) is 6.54 Å². The Morgan fingerprint density at radius 1 is 0.565 bits per heavy atom. The summed E-state index contributed by atoms with van der Waals surface area (Å²) in [4.78, 5) is 0. The van der Waals surface area contributed by atoms with Gasteiger partial charge in [-0.2, -0.15) is 0 Å². The molecule has 1 heteroatoms. The van der Waals surface area contributed by atoms with Crippen molar-refractivity contribution < 1.29 is 0 Å². The van der Waals surface area contributed by atoms with E-state index in [-0.39, 0.29) is 0 Å². The number of hydrogen-bond donors (Lipinski definition) is 1. The maximum absolute atomic E-state index is 4.20. The average Bonchev–Trinajstić information content (AvgIpc) is 2.43. The first-order valence-electron chi connectivity index (χ1n) is 10.9. The van der Waals surface area contributed by atoms with Crippen LogP contribution < -0.4 is 5.32 Å². The molecule has 0 aromatic heterocycles. The zero-order valence-corrected chi connectivity index (χ0v) is 14.9. The fraction of sp³-hybridized carbons (Fsp3) is 1.00. The molecule has 0 amide bonds.